The summed E-state index contributed by atoms with van der Waals surface area (Å²) < 4.78 is 0. The molecule has 0 saturated heterocycles. The van der Waals surface area contributed by atoms with E-state index in [1.54, 1.807) is 0 Å². The zero-order valence-corrected chi connectivity index (χ0v) is 14.9. The molecule has 3 aromatic rings. The molecule has 24 heavy (non-hydrogen) atoms. The summed E-state index contributed by atoms with van der Waals surface area (Å²) in [6.45, 7) is 2.52. The van der Waals surface area contributed by atoms with Crippen molar-refractivity contribution in [2.75, 3.05) is 12.3 Å². The lowest BCUT2D eigenvalue weighted by Gasteiger charge is -2.05. The zero-order valence-electron chi connectivity index (χ0n) is 13.3. The predicted molar refractivity (Wildman–Crippen MR) is 99.5 cm³/mol. The van der Waals surface area contributed by atoms with E-state index in [1.165, 1.54) is 22.7 Å². The van der Waals surface area contributed by atoms with Gasteiger partial charge in [0.15, 0.2) is 5.13 Å². The molecule has 0 bridgehead atoms. The third-order valence-corrected chi connectivity index (χ3v) is 5.14. The summed E-state index contributed by atoms with van der Waals surface area (Å²) >= 11 is 2.87. The third-order valence-electron chi connectivity index (χ3n) is 3.45. The van der Waals surface area contributed by atoms with Crippen LogP contribution in [0.3, 0.4) is 0 Å². The van der Waals surface area contributed by atoms with Crippen molar-refractivity contribution in [3.63, 3.8) is 0 Å². The van der Waals surface area contributed by atoms with E-state index in [9.17, 15) is 4.79 Å². The number of amides is 1. The minimum atomic E-state index is -0.0720. The van der Waals surface area contributed by atoms with Crippen molar-refractivity contribution in [1.82, 2.24) is 15.3 Å². The normalized spacial score (nSPS) is 10.7. The molecule has 2 aromatic heterocycles. The number of hydrogen-bond donors (Lipinski definition) is 2. The molecule has 1 amide bonds. The van der Waals surface area contributed by atoms with Crippen LogP contribution in [0.5, 0.6) is 0 Å². The summed E-state index contributed by atoms with van der Waals surface area (Å²) in [5.74, 6) is -0.0720. The van der Waals surface area contributed by atoms with E-state index >= 15 is 0 Å². The quantitative estimate of drug-likeness (QED) is 0.661. The second-order valence-electron chi connectivity index (χ2n) is 5.31. The Morgan fingerprint density at radius 2 is 2.04 bits per heavy atom. The molecule has 0 fully saturated rings. The van der Waals surface area contributed by atoms with E-state index in [0.717, 1.165) is 34.8 Å². The standard InChI is InChI=1S/C17H18N4OS2/c1-11-20-14(12-6-3-2-4-7-12)15(24-11)16(22)19-9-5-8-13-10-23-17(18)21-13/h2-4,6-7,10H,5,8-9H2,1H3,(H2,18,21)(H,19,22). The van der Waals surface area contributed by atoms with Gasteiger partial charge in [-0.15, -0.1) is 22.7 Å². The highest BCUT2D eigenvalue weighted by Gasteiger charge is 2.17. The highest BCUT2D eigenvalue weighted by atomic mass is 32.1. The molecule has 124 valence electrons. The largest absolute Gasteiger partial charge is 0.375 e. The summed E-state index contributed by atoms with van der Waals surface area (Å²) in [4.78, 5) is 21.9. The van der Waals surface area contributed by atoms with Crippen molar-refractivity contribution in [2.24, 2.45) is 0 Å². The fraction of sp³-hybridized carbons (Fsp3) is 0.235. The third kappa shape index (κ3) is 3.98. The summed E-state index contributed by atoms with van der Waals surface area (Å²) in [6.07, 6.45) is 1.63. The van der Waals surface area contributed by atoms with Crippen molar-refractivity contribution >= 4 is 33.7 Å². The number of aromatic nitrogens is 2. The number of nitrogens with one attached hydrogen (secondary N) is 1. The Morgan fingerprint density at radius 1 is 1.25 bits per heavy atom. The highest BCUT2D eigenvalue weighted by Crippen LogP contribution is 2.27. The molecule has 3 rings (SSSR count). The van der Waals surface area contributed by atoms with Crippen LogP contribution in [0.4, 0.5) is 5.13 Å². The lowest BCUT2D eigenvalue weighted by molar-refractivity contribution is 0.0957. The molecular weight excluding hydrogens is 340 g/mol. The van der Waals surface area contributed by atoms with E-state index in [-0.39, 0.29) is 5.91 Å². The molecule has 0 spiro atoms. The van der Waals surface area contributed by atoms with Crippen LogP contribution in [0.1, 0.15) is 26.8 Å². The van der Waals surface area contributed by atoms with Crippen LogP contribution in [0.2, 0.25) is 0 Å². The van der Waals surface area contributed by atoms with Crippen molar-refractivity contribution in [2.45, 2.75) is 19.8 Å². The second-order valence-corrected chi connectivity index (χ2v) is 7.41. The van der Waals surface area contributed by atoms with Gasteiger partial charge in [0.05, 0.1) is 16.4 Å². The number of benzene rings is 1. The number of hydrogen-bond acceptors (Lipinski definition) is 6. The fourth-order valence-corrected chi connectivity index (χ4v) is 3.82. The van der Waals surface area contributed by atoms with Crippen molar-refractivity contribution in [3.8, 4) is 11.3 Å². The minimum absolute atomic E-state index is 0.0720. The Hall–Kier alpha value is -2.25. The van der Waals surface area contributed by atoms with Gasteiger partial charge in [-0.05, 0) is 19.8 Å². The number of carbonyl (C=O) groups excluding carboxylic acids is 1. The predicted octanol–water partition coefficient (Wildman–Crippen LogP) is 3.52. The van der Waals surface area contributed by atoms with E-state index in [1.807, 2.05) is 42.6 Å². The lowest BCUT2D eigenvalue weighted by Crippen LogP contribution is -2.24. The van der Waals surface area contributed by atoms with E-state index in [0.29, 0.717) is 16.6 Å². The Bertz CT molecular complexity index is 826. The first-order valence-corrected chi connectivity index (χ1v) is 9.34. The number of nitrogens with zero attached hydrogens (tertiary/aromatic N) is 2. The molecular formula is C17H18N4OS2. The first kappa shape index (κ1) is 16.6. The van der Waals surface area contributed by atoms with Gasteiger partial charge in [0.25, 0.3) is 5.91 Å². The highest BCUT2D eigenvalue weighted by molar-refractivity contribution is 7.14. The summed E-state index contributed by atoms with van der Waals surface area (Å²) in [5.41, 5.74) is 8.31. The van der Waals surface area contributed by atoms with Gasteiger partial charge in [-0.25, -0.2) is 9.97 Å². The number of carbonyl (C=O) groups is 1. The minimum Gasteiger partial charge on any atom is -0.375 e. The van der Waals surface area contributed by atoms with Crippen LogP contribution in [0.25, 0.3) is 11.3 Å². The molecule has 3 N–H and O–H groups in total. The van der Waals surface area contributed by atoms with Gasteiger partial charge in [-0.3, -0.25) is 4.79 Å². The number of rotatable bonds is 6. The van der Waals surface area contributed by atoms with Gasteiger partial charge < -0.3 is 11.1 Å². The lowest BCUT2D eigenvalue weighted by atomic mass is 10.1. The van der Waals surface area contributed by atoms with Crippen LogP contribution in [0.15, 0.2) is 35.7 Å². The Kier molecular flexibility index (Phi) is 5.22. The number of nitrogen functional groups attached to an aromatic ring is 1. The van der Waals surface area contributed by atoms with Gasteiger partial charge in [-0.1, -0.05) is 30.3 Å². The smallest absolute Gasteiger partial charge is 0.263 e. The Balaban J connectivity index is 1.61. The van der Waals surface area contributed by atoms with E-state index in [4.69, 9.17) is 5.73 Å². The van der Waals surface area contributed by atoms with Gasteiger partial charge in [0, 0.05) is 17.5 Å². The molecule has 0 unspecified atom stereocenters. The number of aryl methyl sites for hydroxylation is 2. The molecule has 0 atom stereocenters. The van der Waals surface area contributed by atoms with Gasteiger partial charge in [0.2, 0.25) is 0 Å². The van der Waals surface area contributed by atoms with Crippen molar-refractivity contribution in [3.05, 3.63) is 51.3 Å². The Labute approximate surface area is 148 Å². The maximum absolute atomic E-state index is 12.5. The van der Waals surface area contributed by atoms with Gasteiger partial charge in [-0.2, -0.15) is 0 Å². The molecule has 1 aromatic carbocycles. The zero-order chi connectivity index (χ0) is 16.9. The van der Waals surface area contributed by atoms with Gasteiger partial charge >= 0.3 is 0 Å². The molecule has 7 heteroatoms. The maximum Gasteiger partial charge on any atom is 0.263 e. The maximum atomic E-state index is 12.5. The van der Waals surface area contributed by atoms with E-state index < -0.39 is 0 Å². The summed E-state index contributed by atoms with van der Waals surface area (Å²) in [5, 5.41) is 6.40. The van der Waals surface area contributed by atoms with Crippen LogP contribution in [0, 0.1) is 6.92 Å². The molecule has 5 nitrogen and oxygen atoms in total. The first-order valence-electron chi connectivity index (χ1n) is 7.64. The molecule has 0 radical (unpaired) electrons. The van der Waals surface area contributed by atoms with Crippen molar-refractivity contribution in [1.29, 1.82) is 0 Å². The summed E-state index contributed by atoms with van der Waals surface area (Å²) in [7, 11) is 0. The van der Waals surface area contributed by atoms with E-state index in [2.05, 4.69) is 15.3 Å². The SMILES string of the molecule is Cc1nc(-c2ccccc2)c(C(=O)NCCCc2csc(N)n2)s1. The summed E-state index contributed by atoms with van der Waals surface area (Å²) in [6, 6.07) is 9.79. The fourth-order valence-electron chi connectivity index (χ4n) is 2.36. The molecule has 0 aliphatic rings. The Morgan fingerprint density at radius 3 is 2.75 bits per heavy atom. The molecule has 0 aliphatic carbocycles. The van der Waals surface area contributed by atoms with Crippen molar-refractivity contribution < 1.29 is 4.79 Å². The van der Waals surface area contributed by atoms with Crippen LogP contribution < -0.4 is 11.1 Å². The monoisotopic (exact) mass is 358 g/mol. The number of thiazole rings is 2. The van der Waals surface area contributed by atoms with Crippen LogP contribution in [-0.2, 0) is 6.42 Å². The second kappa shape index (κ2) is 7.55. The molecule has 0 saturated carbocycles. The molecule has 2 heterocycles. The van der Waals surface area contributed by atoms with Gasteiger partial charge in [0.1, 0.15) is 4.88 Å². The van der Waals surface area contributed by atoms with Crippen LogP contribution in [-0.4, -0.2) is 22.4 Å². The molecule has 0 aliphatic heterocycles. The number of nitrogens with two attached hydrogens (primary N) is 1. The van der Waals surface area contributed by atoms with Crippen LogP contribution >= 0.6 is 22.7 Å². The first-order chi connectivity index (χ1) is 11.6. The number of anilines is 1. The topological polar surface area (TPSA) is 80.9 Å². The average Bonchev–Trinajstić information content (AvgIpc) is 3.18. The average molecular weight is 358 g/mol.